The summed E-state index contributed by atoms with van der Waals surface area (Å²) >= 11 is 1.38. The van der Waals surface area contributed by atoms with Gasteiger partial charge in [0.05, 0.1) is 30.9 Å². The molecule has 2 aromatic rings. The molecule has 1 aliphatic rings. The molecule has 3 rings (SSSR count). The lowest BCUT2D eigenvalue weighted by Crippen LogP contribution is -2.32. The van der Waals surface area contributed by atoms with E-state index in [4.69, 9.17) is 9.47 Å². The topological polar surface area (TPSA) is 76.7 Å². The van der Waals surface area contributed by atoms with Crippen molar-refractivity contribution in [2.45, 2.75) is 46.3 Å². The van der Waals surface area contributed by atoms with Crippen LogP contribution < -0.4 is 10.6 Å². The normalized spacial score (nSPS) is 14.9. The van der Waals surface area contributed by atoms with E-state index >= 15 is 0 Å². The van der Waals surface area contributed by atoms with Crippen LogP contribution in [0.25, 0.3) is 0 Å². The summed E-state index contributed by atoms with van der Waals surface area (Å²) in [6.45, 7) is 8.58. The van der Waals surface area contributed by atoms with Crippen LogP contribution in [0.2, 0.25) is 0 Å². The zero-order valence-corrected chi connectivity index (χ0v) is 17.5. The second-order valence-electron chi connectivity index (χ2n) is 7.42. The molecule has 1 aliphatic heterocycles. The highest BCUT2D eigenvalue weighted by molar-refractivity contribution is 7.17. The van der Waals surface area contributed by atoms with E-state index in [9.17, 15) is 9.59 Å². The van der Waals surface area contributed by atoms with E-state index < -0.39 is 5.97 Å². The van der Waals surface area contributed by atoms with Gasteiger partial charge in [-0.15, -0.1) is 11.3 Å². The monoisotopic (exact) mass is 402 g/mol. The van der Waals surface area contributed by atoms with Crippen LogP contribution in [-0.4, -0.2) is 30.6 Å². The number of hydrogen-bond acceptors (Lipinski definition) is 6. The van der Waals surface area contributed by atoms with Crippen LogP contribution in [0.15, 0.2) is 24.3 Å². The third kappa shape index (κ3) is 4.72. The zero-order valence-electron chi connectivity index (χ0n) is 16.7. The van der Waals surface area contributed by atoms with Gasteiger partial charge in [-0.1, -0.05) is 17.7 Å². The van der Waals surface area contributed by atoms with Crippen molar-refractivity contribution in [1.29, 1.82) is 0 Å². The first-order valence-electron chi connectivity index (χ1n) is 9.35. The summed E-state index contributed by atoms with van der Waals surface area (Å²) in [4.78, 5) is 26.0. The molecule has 0 radical (unpaired) electrons. The minimum Gasteiger partial charge on any atom is -0.462 e. The fourth-order valence-corrected chi connectivity index (χ4v) is 4.22. The van der Waals surface area contributed by atoms with Crippen molar-refractivity contribution in [2.75, 3.05) is 23.8 Å². The Balaban J connectivity index is 1.77. The number of carbonyl (C=O) groups excluding carboxylic acids is 2. The van der Waals surface area contributed by atoms with Crippen LogP contribution in [-0.2, 0) is 27.3 Å². The molecule has 6 nitrogen and oxygen atoms in total. The van der Waals surface area contributed by atoms with Crippen molar-refractivity contribution >= 4 is 33.9 Å². The third-order valence-corrected chi connectivity index (χ3v) is 5.65. The number of hydrogen-bond donors (Lipinski definition) is 2. The first-order valence-corrected chi connectivity index (χ1v) is 10.2. The van der Waals surface area contributed by atoms with Gasteiger partial charge in [-0.2, -0.15) is 0 Å². The first-order chi connectivity index (χ1) is 13.3. The molecule has 1 amide bonds. The zero-order chi connectivity index (χ0) is 20.3. The molecule has 0 bridgehead atoms. The Hall–Kier alpha value is -2.38. The first kappa shape index (κ1) is 20.4. The van der Waals surface area contributed by atoms with Crippen molar-refractivity contribution in [2.24, 2.45) is 0 Å². The summed E-state index contributed by atoms with van der Waals surface area (Å²) in [5.41, 5.74) is 3.04. The van der Waals surface area contributed by atoms with Crippen LogP contribution in [0.3, 0.4) is 0 Å². The van der Waals surface area contributed by atoms with Gasteiger partial charge in [0, 0.05) is 17.0 Å². The molecular formula is C21H26N2O4S. The molecule has 0 unspecified atom stereocenters. The highest BCUT2D eigenvalue weighted by Crippen LogP contribution is 2.40. The number of nitrogens with one attached hydrogen (secondary N) is 2. The van der Waals surface area contributed by atoms with E-state index in [1.54, 1.807) is 6.92 Å². The van der Waals surface area contributed by atoms with E-state index in [2.05, 4.69) is 10.6 Å². The number of anilines is 2. The maximum Gasteiger partial charge on any atom is 0.341 e. The van der Waals surface area contributed by atoms with E-state index in [1.807, 2.05) is 45.0 Å². The summed E-state index contributed by atoms with van der Waals surface area (Å²) in [5.74, 6) is -0.621. The Morgan fingerprint density at radius 1 is 1.25 bits per heavy atom. The Morgan fingerprint density at radius 3 is 2.64 bits per heavy atom. The summed E-state index contributed by atoms with van der Waals surface area (Å²) < 4.78 is 11.1. The average Bonchev–Trinajstić information content (AvgIpc) is 2.97. The van der Waals surface area contributed by atoms with Gasteiger partial charge in [-0.3, -0.25) is 4.79 Å². The molecule has 7 heteroatoms. The lowest BCUT2D eigenvalue weighted by atomic mass is 9.93. The fraction of sp³-hybridized carbons (Fsp3) is 0.429. The number of fused-ring (bicyclic) bond motifs is 1. The SMILES string of the molecule is CCOC(=O)c1c(NC(=O)CNc2ccc(C)cc2)sc2c1CC(C)(C)OC2. The van der Waals surface area contributed by atoms with Gasteiger partial charge in [0.25, 0.3) is 0 Å². The molecule has 0 saturated heterocycles. The molecule has 28 heavy (non-hydrogen) atoms. The molecule has 1 aromatic carbocycles. The Labute approximate surface area is 169 Å². The van der Waals surface area contributed by atoms with Crippen molar-refractivity contribution in [1.82, 2.24) is 0 Å². The highest BCUT2D eigenvalue weighted by Gasteiger charge is 2.34. The Morgan fingerprint density at radius 2 is 1.96 bits per heavy atom. The molecule has 0 spiro atoms. The standard InChI is InChI=1S/C21H26N2O4S/c1-5-26-20(25)18-15-10-21(3,4)27-12-16(15)28-19(18)23-17(24)11-22-14-8-6-13(2)7-9-14/h6-9,22H,5,10-12H2,1-4H3,(H,23,24). The van der Waals surface area contributed by atoms with Crippen molar-refractivity contribution in [3.05, 3.63) is 45.8 Å². The molecular weight excluding hydrogens is 376 g/mol. The molecule has 0 saturated carbocycles. The number of thiophene rings is 1. The lowest BCUT2D eigenvalue weighted by Gasteiger charge is -2.30. The van der Waals surface area contributed by atoms with Gasteiger partial charge in [0.1, 0.15) is 5.00 Å². The Bertz CT molecular complexity index is 871. The molecule has 0 fully saturated rings. The molecule has 150 valence electrons. The highest BCUT2D eigenvalue weighted by atomic mass is 32.1. The lowest BCUT2D eigenvalue weighted by molar-refractivity contribution is -0.114. The van der Waals surface area contributed by atoms with E-state index in [-0.39, 0.29) is 24.7 Å². The van der Waals surface area contributed by atoms with Gasteiger partial charge >= 0.3 is 5.97 Å². The van der Waals surface area contributed by atoms with Crippen LogP contribution in [0.5, 0.6) is 0 Å². The van der Waals surface area contributed by atoms with Crippen LogP contribution >= 0.6 is 11.3 Å². The van der Waals surface area contributed by atoms with Gasteiger partial charge in [-0.05, 0) is 45.4 Å². The van der Waals surface area contributed by atoms with E-state index in [0.717, 1.165) is 21.7 Å². The van der Waals surface area contributed by atoms with E-state index in [0.29, 0.717) is 23.6 Å². The number of rotatable bonds is 6. The van der Waals surface area contributed by atoms with Gasteiger partial charge in [0.15, 0.2) is 0 Å². The largest absolute Gasteiger partial charge is 0.462 e. The second-order valence-corrected chi connectivity index (χ2v) is 8.53. The van der Waals surface area contributed by atoms with Gasteiger partial charge in [-0.25, -0.2) is 4.79 Å². The average molecular weight is 403 g/mol. The number of benzene rings is 1. The molecule has 1 aromatic heterocycles. The summed E-state index contributed by atoms with van der Waals surface area (Å²) in [7, 11) is 0. The predicted octanol–water partition coefficient (Wildman–Crippen LogP) is 4.14. The van der Waals surface area contributed by atoms with Gasteiger partial charge in [0.2, 0.25) is 5.91 Å². The third-order valence-electron chi connectivity index (χ3n) is 4.52. The predicted molar refractivity (Wildman–Crippen MR) is 111 cm³/mol. The number of amides is 1. The fourth-order valence-electron chi connectivity index (χ4n) is 3.09. The van der Waals surface area contributed by atoms with Crippen LogP contribution in [0.4, 0.5) is 10.7 Å². The quantitative estimate of drug-likeness (QED) is 0.711. The molecule has 2 N–H and O–H groups in total. The second kappa shape index (κ2) is 8.32. The molecule has 0 atom stereocenters. The smallest absolute Gasteiger partial charge is 0.341 e. The minimum atomic E-state index is -0.403. The van der Waals surface area contributed by atoms with E-state index in [1.165, 1.54) is 11.3 Å². The minimum absolute atomic E-state index is 0.107. The van der Waals surface area contributed by atoms with Crippen molar-refractivity contribution < 1.29 is 19.1 Å². The number of carbonyl (C=O) groups is 2. The van der Waals surface area contributed by atoms with Crippen LogP contribution in [0.1, 0.15) is 47.1 Å². The number of ether oxygens (including phenoxy) is 2. The summed E-state index contributed by atoms with van der Waals surface area (Å²) in [5, 5.41) is 6.50. The van der Waals surface area contributed by atoms with Crippen LogP contribution in [0, 0.1) is 6.92 Å². The number of esters is 1. The molecule has 0 aliphatic carbocycles. The molecule has 2 heterocycles. The maximum absolute atomic E-state index is 12.6. The van der Waals surface area contributed by atoms with Crippen molar-refractivity contribution in [3.8, 4) is 0 Å². The number of aryl methyl sites for hydroxylation is 1. The summed E-state index contributed by atoms with van der Waals surface area (Å²) in [6.07, 6.45) is 0.602. The van der Waals surface area contributed by atoms with Gasteiger partial charge < -0.3 is 20.1 Å². The Kier molecular flexibility index (Phi) is 6.05. The maximum atomic E-state index is 12.6. The van der Waals surface area contributed by atoms with Crippen molar-refractivity contribution in [3.63, 3.8) is 0 Å². The summed E-state index contributed by atoms with van der Waals surface area (Å²) in [6, 6.07) is 7.81.